The van der Waals surface area contributed by atoms with E-state index in [1.54, 1.807) is 19.3 Å². The van der Waals surface area contributed by atoms with E-state index in [0.29, 0.717) is 17.5 Å². The summed E-state index contributed by atoms with van der Waals surface area (Å²) in [6, 6.07) is 4.39. The van der Waals surface area contributed by atoms with E-state index in [0.717, 1.165) is 60.3 Å². The topological polar surface area (TPSA) is 70.5 Å². The predicted molar refractivity (Wildman–Crippen MR) is 144 cm³/mol. The Morgan fingerprint density at radius 1 is 1.16 bits per heavy atom. The van der Waals surface area contributed by atoms with Crippen LogP contribution in [0.5, 0.6) is 5.75 Å². The number of rotatable bonds is 7. The van der Waals surface area contributed by atoms with Gasteiger partial charge >= 0.3 is 6.61 Å². The second-order valence-electron chi connectivity index (χ2n) is 10.4. The quantitative estimate of drug-likeness (QED) is 0.322. The minimum absolute atomic E-state index is 0.156. The summed E-state index contributed by atoms with van der Waals surface area (Å²) in [7, 11) is 0. The average molecular weight is 546 g/mol. The normalized spacial score (nSPS) is 23.5. The maximum Gasteiger partial charge on any atom is 0.387 e. The van der Waals surface area contributed by atoms with E-state index in [2.05, 4.69) is 27.7 Å². The number of nitrogens with one attached hydrogen (secondary N) is 1. The van der Waals surface area contributed by atoms with E-state index in [1.165, 1.54) is 6.07 Å². The number of aliphatic imine (C=N–C) groups is 1. The van der Waals surface area contributed by atoms with Crippen molar-refractivity contribution < 1.29 is 23.0 Å². The number of halogens is 4. The highest BCUT2D eigenvalue weighted by Crippen LogP contribution is 2.41. The number of aromatic amines is 1. The summed E-state index contributed by atoms with van der Waals surface area (Å²) in [5, 5.41) is 10.4. The molecule has 0 bridgehead atoms. The molecule has 1 fully saturated rings. The number of hydrogen-bond donors (Lipinski definition) is 2. The van der Waals surface area contributed by atoms with Gasteiger partial charge in [0.25, 0.3) is 0 Å². The second-order valence-corrected chi connectivity index (χ2v) is 10.8. The minimum Gasteiger partial charge on any atom is -0.434 e. The van der Waals surface area contributed by atoms with Gasteiger partial charge in [-0.05, 0) is 73.3 Å². The molecular formula is C29H31ClF3N3O2. The fourth-order valence-corrected chi connectivity index (χ4v) is 6.19. The van der Waals surface area contributed by atoms with Gasteiger partial charge in [-0.2, -0.15) is 8.78 Å². The zero-order valence-electron chi connectivity index (χ0n) is 21.3. The third kappa shape index (κ3) is 5.34. The van der Waals surface area contributed by atoms with E-state index in [9.17, 15) is 18.3 Å². The average Bonchev–Trinajstić information content (AvgIpc) is 3.34. The highest BCUT2D eigenvalue weighted by Gasteiger charge is 2.30. The molecule has 1 aliphatic carbocycles. The maximum atomic E-state index is 14.3. The zero-order valence-corrected chi connectivity index (χ0v) is 22.1. The van der Waals surface area contributed by atoms with E-state index >= 15 is 0 Å². The molecule has 1 saturated carbocycles. The van der Waals surface area contributed by atoms with Crippen molar-refractivity contribution in [3.05, 3.63) is 64.2 Å². The Bertz CT molecular complexity index is 1360. The molecule has 0 saturated heterocycles. The van der Waals surface area contributed by atoms with Gasteiger partial charge in [0.05, 0.1) is 17.2 Å². The smallest absolute Gasteiger partial charge is 0.387 e. The summed E-state index contributed by atoms with van der Waals surface area (Å²) in [5.41, 5.74) is 3.37. The Morgan fingerprint density at radius 2 is 1.92 bits per heavy atom. The van der Waals surface area contributed by atoms with Crippen molar-refractivity contribution in [2.45, 2.75) is 70.6 Å². The number of hydrogen-bond acceptors (Lipinski definition) is 4. The number of pyridine rings is 1. The van der Waals surface area contributed by atoms with Crippen LogP contribution in [0.25, 0.3) is 16.6 Å². The molecule has 0 amide bonds. The Hall–Kier alpha value is -2.84. The lowest BCUT2D eigenvalue weighted by molar-refractivity contribution is -0.0505. The van der Waals surface area contributed by atoms with Gasteiger partial charge in [-0.25, -0.2) is 9.37 Å². The van der Waals surface area contributed by atoms with Crippen molar-refractivity contribution in [1.29, 1.82) is 0 Å². The lowest BCUT2D eigenvalue weighted by Gasteiger charge is -2.34. The molecule has 1 aromatic carbocycles. The van der Waals surface area contributed by atoms with Crippen LogP contribution < -0.4 is 4.74 Å². The number of H-pyrrole nitrogens is 1. The SMILES string of the molecule is CC(C1CCC(O)CC1)C1CC=C(c2cnc3[nH]cc([C@@H](C)c4c(OC(F)F)ccc(F)c4Cl)c3c2)C=N1. The Labute approximate surface area is 224 Å². The molecule has 2 N–H and O–H groups in total. The van der Waals surface area contributed by atoms with Gasteiger partial charge in [-0.1, -0.05) is 31.5 Å². The molecular weight excluding hydrogens is 515 g/mol. The highest BCUT2D eigenvalue weighted by atomic mass is 35.5. The summed E-state index contributed by atoms with van der Waals surface area (Å²) in [5.74, 6) is -0.398. The number of aromatic nitrogens is 2. The van der Waals surface area contributed by atoms with Crippen molar-refractivity contribution >= 4 is 34.4 Å². The Morgan fingerprint density at radius 3 is 2.61 bits per heavy atom. The largest absolute Gasteiger partial charge is 0.434 e. The van der Waals surface area contributed by atoms with Crippen LogP contribution in [0.2, 0.25) is 5.02 Å². The first kappa shape index (κ1) is 26.8. The molecule has 0 radical (unpaired) electrons. The summed E-state index contributed by atoms with van der Waals surface area (Å²) >= 11 is 6.24. The number of allylic oxidation sites excluding steroid dienone is 1. The predicted octanol–water partition coefficient (Wildman–Crippen LogP) is 7.52. The van der Waals surface area contributed by atoms with Crippen molar-refractivity contribution in [2.75, 3.05) is 0 Å². The molecule has 9 heteroatoms. The van der Waals surface area contributed by atoms with Crippen LogP contribution in [0.1, 0.15) is 68.6 Å². The van der Waals surface area contributed by atoms with E-state index in [1.807, 2.05) is 12.3 Å². The van der Waals surface area contributed by atoms with Gasteiger partial charge in [0, 0.05) is 41.0 Å². The number of aliphatic hydroxyl groups is 1. The van der Waals surface area contributed by atoms with Gasteiger partial charge in [0.2, 0.25) is 0 Å². The maximum absolute atomic E-state index is 14.3. The lowest BCUT2D eigenvalue weighted by atomic mass is 9.75. The van der Waals surface area contributed by atoms with Crippen LogP contribution >= 0.6 is 11.6 Å². The van der Waals surface area contributed by atoms with Crippen LogP contribution in [-0.2, 0) is 0 Å². The number of ether oxygens (including phenoxy) is 1. The second kappa shape index (κ2) is 11.1. The summed E-state index contributed by atoms with van der Waals surface area (Å²) < 4.78 is 45.1. The molecule has 2 unspecified atom stereocenters. The molecule has 2 aliphatic rings. The minimum atomic E-state index is -3.06. The van der Waals surface area contributed by atoms with E-state index in [-0.39, 0.29) is 28.5 Å². The number of dihydropyridines is 1. The standard InChI is InChI=1S/C29H31ClF3N3O2/c1-15(17-3-6-20(37)7-4-17)24-9-5-18(12-34-24)19-11-21-22(14-36-28(21)35-13-19)16(2)26-25(38-29(32)33)10-8-23(31)27(26)30/h5,8,10-17,20,24,29,37H,3-4,6-7,9H2,1-2H3,(H,35,36)/t15?,16-,17?,20?,24?/m1/s1. The molecule has 0 spiro atoms. The summed E-state index contributed by atoms with van der Waals surface area (Å²) in [6.07, 6.45) is 12.1. The molecule has 38 heavy (non-hydrogen) atoms. The van der Waals surface area contributed by atoms with Crippen LogP contribution in [0.15, 0.2) is 41.7 Å². The number of benzene rings is 1. The van der Waals surface area contributed by atoms with Crippen molar-refractivity contribution in [3.63, 3.8) is 0 Å². The molecule has 3 atom stereocenters. The van der Waals surface area contributed by atoms with E-state index < -0.39 is 18.3 Å². The van der Waals surface area contributed by atoms with Crippen LogP contribution in [-0.4, -0.2) is 40.0 Å². The van der Waals surface area contributed by atoms with Crippen molar-refractivity contribution in [1.82, 2.24) is 9.97 Å². The lowest BCUT2D eigenvalue weighted by Crippen LogP contribution is -2.30. The third-order valence-electron chi connectivity index (χ3n) is 8.18. The van der Waals surface area contributed by atoms with Gasteiger partial charge in [0.15, 0.2) is 0 Å². The van der Waals surface area contributed by atoms with Crippen LogP contribution in [0.4, 0.5) is 13.2 Å². The molecule has 5 nitrogen and oxygen atoms in total. The van der Waals surface area contributed by atoms with Crippen LogP contribution in [0, 0.1) is 17.7 Å². The number of fused-ring (bicyclic) bond motifs is 1. The summed E-state index contributed by atoms with van der Waals surface area (Å²) in [6.45, 7) is 0.965. The first-order valence-electron chi connectivity index (χ1n) is 13.0. The molecule has 3 aromatic rings. The Balaban J connectivity index is 1.40. The molecule has 1 aliphatic heterocycles. The molecule has 2 aromatic heterocycles. The number of alkyl halides is 2. The van der Waals surface area contributed by atoms with Gasteiger partial charge in [-0.15, -0.1) is 0 Å². The molecule has 3 heterocycles. The van der Waals surface area contributed by atoms with Gasteiger partial charge in [0.1, 0.15) is 17.2 Å². The van der Waals surface area contributed by atoms with E-state index in [4.69, 9.17) is 16.6 Å². The third-order valence-corrected chi connectivity index (χ3v) is 8.56. The number of aliphatic hydroxyl groups excluding tert-OH is 1. The summed E-state index contributed by atoms with van der Waals surface area (Å²) in [4.78, 5) is 12.6. The highest BCUT2D eigenvalue weighted by molar-refractivity contribution is 6.31. The first-order chi connectivity index (χ1) is 18.2. The molecule has 202 valence electrons. The van der Waals surface area contributed by atoms with Gasteiger partial charge < -0.3 is 14.8 Å². The van der Waals surface area contributed by atoms with Crippen molar-refractivity contribution in [2.24, 2.45) is 16.8 Å². The van der Waals surface area contributed by atoms with Gasteiger partial charge in [-0.3, -0.25) is 4.99 Å². The van der Waals surface area contributed by atoms with Crippen LogP contribution in [0.3, 0.4) is 0 Å². The van der Waals surface area contributed by atoms with Crippen molar-refractivity contribution in [3.8, 4) is 5.75 Å². The first-order valence-corrected chi connectivity index (χ1v) is 13.4. The number of nitrogens with zero attached hydrogens (tertiary/aromatic N) is 2. The fourth-order valence-electron chi connectivity index (χ4n) is 5.87. The fraction of sp³-hybridized carbons (Fsp3) is 0.448. The zero-order chi connectivity index (χ0) is 27.0. The molecule has 5 rings (SSSR count). The Kier molecular flexibility index (Phi) is 7.82. The monoisotopic (exact) mass is 545 g/mol.